The van der Waals surface area contributed by atoms with Gasteiger partial charge < -0.3 is 0 Å². The molecule has 0 spiro atoms. The van der Waals surface area contributed by atoms with Crippen LogP contribution < -0.4 is 5.12 Å². The number of halogens is 1. The number of anilines is 1. The molecule has 0 atom stereocenters. The van der Waals surface area contributed by atoms with E-state index in [9.17, 15) is 0 Å². The van der Waals surface area contributed by atoms with Crippen molar-refractivity contribution in [2.75, 3.05) is 5.12 Å². The van der Waals surface area contributed by atoms with Crippen molar-refractivity contribution in [3.05, 3.63) is 102 Å². The van der Waals surface area contributed by atoms with E-state index in [0.29, 0.717) is 12.1 Å². The Morgan fingerprint density at radius 3 is 1.73 bits per heavy atom. The van der Waals surface area contributed by atoms with Crippen LogP contribution in [0.5, 0.6) is 0 Å². The van der Waals surface area contributed by atoms with E-state index >= 15 is 4.48 Å². The van der Waals surface area contributed by atoms with Crippen molar-refractivity contribution in [2.45, 2.75) is 12.0 Å². The first-order valence-corrected chi connectivity index (χ1v) is 7.47. The molecule has 0 unspecified atom stereocenters. The Kier molecular flexibility index (Phi) is 2.97. The molecule has 0 saturated carbocycles. The lowest BCUT2D eigenvalue weighted by Gasteiger charge is -2.35. The van der Waals surface area contributed by atoms with E-state index in [4.69, 9.17) is 0 Å². The fourth-order valence-electron chi connectivity index (χ4n) is 3.43. The molecule has 0 N–H and O–H groups in total. The molecule has 0 radical (unpaired) electrons. The molecule has 2 heteroatoms. The number of fused-ring (bicyclic) bond motifs is 1. The van der Waals surface area contributed by atoms with E-state index in [1.54, 1.807) is 0 Å². The standard InChI is InChI=1S/C20H16FN/c21-22-19-14-8-7-9-16(19)15-20(22,17-10-3-1-4-11-17)18-12-5-2-6-13-18/h1-14H,15H2. The third-order valence-electron chi connectivity index (χ3n) is 4.49. The molecule has 0 fully saturated rings. The maximum absolute atomic E-state index is 15.4. The van der Waals surface area contributed by atoms with Crippen LogP contribution in [0.25, 0.3) is 0 Å². The van der Waals surface area contributed by atoms with Crippen molar-refractivity contribution in [3.63, 3.8) is 0 Å². The van der Waals surface area contributed by atoms with E-state index in [0.717, 1.165) is 21.8 Å². The molecule has 0 aromatic heterocycles. The normalized spacial score (nSPS) is 15.6. The van der Waals surface area contributed by atoms with Crippen LogP contribution in [0, 0.1) is 0 Å². The molecule has 1 aliphatic rings. The maximum Gasteiger partial charge on any atom is 0.126 e. The lowest BCUT2D eigenvalue weighted by atomic mass is 9.80. The lowest BCUT2D eigenvalue weighted by molar-refractivity contribution is 0.316. The van der Waals surface area contributed by atoms with Crippen molar-refractivity contribution >= 4 is 5.69 Å². The highest BCUT2D eigenvalue weighted by atomic mass is 19.2. The molecule has 1 nitrogen and oxygen atoms in total. The summed E-state index contributed by atoms with van der Waals surface area (Å²) in [5.41, 5.74) is 2.86. The third kappa shape index (κ3) is 1.77. The summed E-state index contributed by atoms with van der Waals surface area (Å²) in [6.45, 7) is 0. The van der Waals surface area contributed by atoms with Gasteiger partial charge in [-0.2, -0.15) is 5.12 Å². The molecule has 0 aliphatic carbocycles. The van der Waals surface area contributed by atoms with E-state index in [2.05, 4.69) is 0 Å². The van der Waals surface area contributed by atoms with E-state index in [1.807, 2.05) is 84.9 Å². The van der Waals surface area contributed by atoms with Gasteiger partial charge in [0.05, 0.1) is 5.69 Å². The minimum absolute atomic E-state index is 0.633. The fourth-order valence-corrected chi connectivity index (χ4v) is 3.43. The molecule has 4 rings (SSSR count). The van der Waals surface area contributed by atoms with Crippen LogP contribution in [0.1, 0.15) is 16.7 Å². The highest BCUT2D eigenvalue weighted by Crippen LogP contribution is 2.49. The predicted molar refractivity (Wildman–Crippen MR) is 87.4 cm³/mol. The molecule has 1 heterocycles. The lowest BCUT2D eigenvalue weighted by Crippen LogP contribution is -2.40. The average molecular weight is 289 g/mol. The van der Waals surface area contributed by atoms with Crippen LogP contribution in [-0.4, -0.2) is 0 Å². The van der Waals surface area contributed by atoms with Crippen LogP contribution in [-0.2, 0) is 12.0 Å². The van der Waals surface area contributed by atoms with Gasteiger partial charge in [0.1, 0.15) is 5.54 Å². The van der Waals surface area contributed by atoms with Crippen molar-refractivity contribution in [1.82, 2.24) is 0 Å². The van der Waals surface area contributed by atoms with E-state index in [1.165, 1.54) is 0 Å². The van der Waals surface area contributed by atoms with Gasteiger partial charge in [0.2, 0.25) is 0 Å². The second-order valence-corrected chi connectivity index (χ2v) is 5.68. The van der Waals surface area contributed by atoms with Crippen molar-refractivity contribution in [3.8, 4) is 0 Å². The van der Waals surface area contributed by atoms with Crippen LogP contribution in [0.3, 0.4) is 0 Å². The summed E-state index contributed by atoms with van der Waals surface area (Å²) < 4.78 is 15.4. The minimum Gasteiger partial charge on any atom is -0.196 e. The largest absolute Gasteiger partial charge is 0.196 e. The first-order valence-electron chi connectivity index (χ1n) is 7.47. The Morgan fingerprint density at radius 1 is 0.682 bits per heavy atom. The molecule has 0 saturated heterocycles. The molecule has 3 aromatic rings. The molecule has 1 aliphatic heterocycles. The van der Waals surface area contributed by atoms with Crippen LogP contribution >= 0.6 is 0 Å². The van der Waals surface area contributed by atoms with Crippen LogP contribution in [0.2, 0.25) is 0 Å². The van der Waals surface area contributed by atoms with Gasteiger partial charge in [-0.25, -0.2) is 0 Å². The van der Waals surface area contributed by atoms with Crippen LogP contribution in [0.15, 0.2) is 84.9 Å². The molecule has 108 valence electrons. The van der Waals surface area contributed by atoms with Crippen molar-refractivity contribution in [1.29, 1.82) is 0 Å². The predicted octanol–water partition coefficient (Wildman–Crippen LogP) is 4.88. The smallest absolute Gasteiger partial charge is 0.126 e. The summed E-state index contributed by atoms with van der Waals surface area (Å²) in [5, 5.41) is 0.937. The zero-order chi connectivity index (χ0) is 15.0. The maximum atomic E-state index is 15.4. The summed E-state index contributed by atoms with van der Waals surface area (Å²) in [5.74, 6) is 0. The number of benzene rings is 3. The number of hydrogen-bond acceptors (Lipinski definition) is 1. The highest BCUT2D eigenvalue weighted by molar-refractivity contribution is 5.65. The van der Waals surface area contributed by atoms with Gasteiger partial charge in [0.15, 0.2) is 0 Å². The molecule has 3 aromatic carbocycles. The van der Waals surface area contributed by atoms with Gasteiger partial charge in [0, 0.05) is 6.42 Å². The third-order valence-corrected chi connectivity index (χ3v) is 4.49. The number of rotatable bonds is 2. The fraction of sp³-hybridized carbons (Fsp3) is 0.100. The number of hydrogen-bond donors (Lipinski definition) is 0. The van der Waals surface area contributed by atoms with Gasteiger partial charge in [-0.15, -0.1) is 0 Å². The number of nitrogens with zero attached hydrogens (tertiary/aromatic N) is 1. The van der Waals surface area contributed by atoms with Gasteiger partial charge in [-0.1, -0.05) is 83.3 Å². The molecule has 22 heavy (non-hydrogen) atoms. The first-order chi connectivity index (χ1) is 10.8. The summed E-state index contributed by atoms with van der Waals surface area (Å²) in [6.07, 6.45) is 0.633. The van der Waals surface area contributed by atoms with Gasteiger partial charge in [-0.05, 0) is 22.8 Å². The summed E-state index contributed by atoms with van der Waals surface area (Å²) in [7, 11) is 0. The van der Waals surface area contributed by atoms with Gasteiger partial charge in [-0.3, -0.25) is 0 Å². The topological polar surface area (TPSA) is 3.24 Å². The van der Waals surface area contributed by atoms with Crippen LogP contribution in [0.4, 0.5) is 10.2 Å². The van der Waals surface area contributed by atoms with Crippen molar-refractivity contribution < 1.29 is 4.48 Å². The monoisotopic (exact) mass is 289 g/mol. The Hall–Kier alpha value is -2.61. The average Bonchev–Trinajstić information content (AvgIpc) is 2.91. The second kappa shape index (κ2) is 4.99. The van der Waals surface area contributed by atoms with E-state index < -0.39 is 5.54 Å². The molecular formula is C20H16FN. The zero-order valence-corrected chi connectivity index (χ0v) is 12.1. The molecular weight excluding hydrogens is 273 g/mol. The molecule has 0 bridgehead atoms. The molecule has 0 amide bonds. The Bertz CT molecular complexity index is 744. The quantitative estimate of drug-likeness (QED) is 0.608. The van der Waals surface area contributed by atoms with Gasteiger partial charge in [0.25, 0.3) is 0 Å². The first kappa shape index (κ1) is 13.1. The van der Waals surface area contributed by atoms with Gasteiger partial charge >= 0.3 is 0 Å². The Labute approximate surface area is 129 Å². The summed E-state index contributed by atoms with van der Waals surface area (Å²) >= 11 is 0. The summed E-state index contributed by atoms with van der Waals surface area (Å²) in [6, 6.07) is 27.5. The second-order valence-electron chi connectivity index (χ2n) is 5.68. The zero-order valence-electron chi connectivity index (χ0n) is 12.1. The Balaban J connectivity index is 1.97. The Morgan fingerprint density at radius 2 is 1.18 bits per heavy atom. The van der Waals surface area contributed by atoms with Crippen molar-refractivity contribution in [2.24, 2.45) is 0 Å². The number of para-hydroxylation sites is 1. The SMILES string of the molecule is FN1c2ccccc2CC1(c1ccccc1)c1ccccc1. The summed E-state index contributed by atoms with van der Waals surface area (Å²) in [4.78, 5) is 0. The van der Waals surface area contributed by atoms with E-state index in [-0.39, 0.29) is 0 Å². The highest BCUT2D eigenvalue weighted by Gasteiger charge is 2.47. The minimum atomic E-state index is -0.786.